The molecule has 0 nitrogen and oxygen atoms in total. The largest absolute Gasteiger partial charge is 0.119 e. The summed E-state index contributed by atoms with van der Waals surface area (Å²) in [5.74, 6) is 3.83. The van der Waals surface area contributed by atoms with E-state index in [2.05, 4.69) is 25.0 Å². The van der Waals surface area contributed by atoms with Gasteiger partial charge in [0.25, 0.3) is 0 Å². The minimum Gasteiger partial charge on any atom is -0.119 e. The summed E-state index contributed by atoms with van der Waals surface area (Å²) in [5, 5.41) is 0. The van der Waals surface area contributed by atoms with Gasteiger partial charge in [-0.25, -0.2) is 0 Å². The summed E-state index contributed by atoms with van der Waals surface area (Å²) in [5.41, 5.74) is 0. The van der Waals surface area contributed by atoms with Crippen LogP contribution in [0.2, 0.25) is 0 Å². The Balaban J connectivity index is 2.49. The highest BCUT2D eigenvalue weighted by Crippen LogP contribution is 2.21. The summed E-state index contributed by atoms with van der Waals surface area (Å²) >= 11 is 0. The second-order valence-electron chi connectivity index (χ2n) is 2.37. The predicted octanol–water partition coefficient (Wildman–Crippen LogP) is 1.83. The normalized spacial score (nSPS) is 35.0. The minimum absolute atomic E-state index is 0.421. The molecule has 0 amide bonds. The molecule has 1 aliphatic rings. The summed E-state index contributed by atoms with van der Waals surface area (Å²) in [6.45, 7) is 2.19. The summed E-state index contributed by atoms with van der Waals surface area (Å²) in [6, 6.07) is 0. The van der Waals surface area contributed by atoms with Gasteiger partial charge < -0.3 is 0 Å². The van der Waals surface area contributed by atoms with E-state index in [1.165, 1.54) is 0 Å². The number of rotatable bonds is 0. The molecule has 0 fully saturated rings. The summed E-state index contributed by atoms with van der Waals surface area (Å²) in [6.07, 6.45) is 10.6. The summed E-state index contributed by atoms with van der Waals surface area (Å²) < 4.78 is 0. The predicted molar refractivity (Wildman–Crippen MR) is 35.2 cm³/mol. The van der Waals surface area contributed by atoms with Crippen LogP contribution >= 0.6 is 0 Å². The number of hydrogen-bond acceptors (Lipinski definition) is 0. The number of terminal acetylenes is 1. The van der Waals surface area contributed by atoms with Crippen molar-refractivity contribution < 1.29 is 0 Å². The van der Waals surface area contributed by atoms with Gasteiger partial charge in [0, 0.05) is 5.92 Å². The van der Waals surface area contributed by atoms with E-state index < -0.39 is 0 Å². The first-order valence-corrected chi connectivity index (χ1v) is 2.97. The second kappa shape index (κ2) is 2.05. The summed E-state index contributed by atoms with van der Waals surface area (Å²) in [7, 11) is 0. The molecule has 0 bridgehead atoms. The maximum atomic E-state index is 5.19. The quantitative estimate of drug-likeness (QED) is 0.326. The molecular formula is C8H10. The fourth-order valence-electron chi connectivity index (χ4n) is 1.01. The van der Waals surface area contributed by atoms with Crippen LogP contribution in [0.1, 0.15) is 13.3 Å². The molecule has 0 spiro atoms. The van der Waals surface area contributed by atoms with E-state index in [9.17, 15) is 0 Å². The number of hydrogen-bond donors (Lipinski definition) is 0. The van der Waals surface area contributed by atoms with Crippen molar-refractivity contribution >= 4 is 0 Å². The van der Waals surface area contributed by atoms with E-state index >= 15 is 0 Å². The van der Waals surface area contributed by atoms with E-state index in [4.69, 9.17) is 6.42 Å². The molecule has 1 rings (SSSR count). The Morgan fingerprint density at radius 3 is 2.62 bits per heavy atom. The average molecular weight is 106 g/mol. The molecule has 1 aliphatic carbocycles. The van der Waals surface area contributed by atoms with Crippen LogP contribution in [0.4, 0.5) is 0 Å². The molecule has 8 heavy (non-hydrogen) atoms. The molecule has 0 N–H and O–H groups in total. The van der Waals surface area contributed by atoms with Crippen LogP contribution in [-0.2, 0) is 0 Å². The highest BCUT2D eigenvalue weighted by atomic mass is 14.1. The van der Waals surface area contributed by atoms with Gasteiger partial charge in [-0.15, -0.1) is 6.42 Å². The van der Waals surface area contributed by atoms with Crippen LogP contribution in [0.25, 0.3) is 0 Å². The average Bonchev–Trinajstić information content (AvgIpc) is 2.14. The molecule has 42 valence electrons. The highest BCUT2D eigenvalue weighted by molar-refractivity contribution is 5.12. The van der Waals surface area contributed by atoms with E-state index in [0.717, 1.165) is 6.42 Å². The van der Waals surface area contributed by atoms with Crippen molar-refractivity contribution in [3.05, 3.63) is 12.2 Å². The Hall–Kier alpha value is -0.700. The molecule has 0 saturated carbocycles. The van der Waals surface area contributed by atoms with E-state index in [1.54, 1.807) is 0 Å². The van der Waals surface area contributed by atoms with Crippen LogP contribution in [0.3, 0.4) is 0 Å². The first-order valence-electron chi connectivity index (χ1n) is 2.97. The lowest BCUT2D eigenvalue weighted by molar-refractivity contribution is 0.641. The Kier molecular flexibility index (Phi) is 1.39. The SMILES string of the molecule is C#CC1C=CC(C)C1. The van der Waals surface area contributed by atoms with Gasteiger partial charge in [-0.3, -0.25) is 0 Å². The first kappa shape index (κ1) is 5.44. The van der Waals surface area contributed by atoms with Crippen molar-refractivity contribution in [2.24, 2.45) is 11.8 Å². The monoisotopic (exact) mass is 106 g/mol. The zero-order chi connectivity index (χ0) is 5.98. The molecule has 0 heterocycles. The molecule has 0 aromatic heterocycles. The zero-order valence-electron chi connectivity index (χ0n) is 5.09. The first-order chi connectivity index (χ1) is 3.83. The van der Waals surface area contributed by atoms with Gasteiger partial charge in [-0.1, -0.05) is 25.0 Å². The molecule has 2 atom stereocenters. The Morgan fingerprint density at radius 1 is 1.62 bits per heavy atom. The third kappa shape index (κ3) is 0.924. The van der Waals surface area contributed by atoms with Crippen LogP contribution < -0.4 is 0 Å². The fourth-order valence-corrected chi connectivity index (χ4v) is 1.01. The molecular weight excluding hydrogens is 96.1 g/mol. The van der Waals surface area contributed by atoms with Crippen molar-refractivity contribution in [1.82, 2.24) is 0 Å². The van der Waals surface area contributed by atoms with Crippen molar-refractivity contribution in [1.29, 1.82) is 0 Å². The maximum absolute atomic E-state index is 5.19. The topological polar surface area (TPSA) is 0 Å². The lowest BCUT2D eigenvalue weighted by atomic mass is 10.1. The maximum Gasteiger partial charge on any atom is 0.0385 e. The fraction of sp³-hybridized carbons (Fsp3) is 0.500. The van der Waals surface area contributed by atoms with Gasteiger partial charge in [-0.05, 0) is 12.3 Å². The van der Waals surface area contributed by atoms with Crippen molar-refractivity contribution in [3.63, 3.8) is 0 Å². The Morgan fingerprint density at radius 2 is 2.38 bits per heavy atom. The molecule has 0 aromatic carbocycles. The van der Waals surface area contributed by atoms with Gasteiger partial charge in [0.2, 0.25) is 0 Å². The van der Waals surface area contributed by atoms with Crippen molar-refractivity contribution in [2.75, 3.05) is 0 Å². The van der Waals surface area contributed by atoms with Crippen LogP contribution in [-0.4, -0.2) is 0 Å². The Bertz CT molecular complexity index is 137. The van der Waals surface area contributed by atoms with E-state index in [0.29, 0.717) is 11.8 Å². The highest BCUT2D eigenvalue weighted by Gasteiger charge is 2.10. The van der Waals surface area contributed by atoms with E-state index in [1.807, 2.05) is 0 Å². The Labute approximate surface area is 50.6 Å². The van der Waals surface area contributed by atoms with Gasteiger partial charge >= 0.3 is 0 Å². The lowest BCUT2D eigenvalue weighted by Crippen LogP contribution is -1.89. The molecule has 2 unspecified atom stereocenters. The molecule has 0 aliphatic heterocycles. The standard InChI is InChI=1S/C8H10/c1-3-8-5-4-7(2)6-8/h1,4-5,7-8H,6H2,2H3. The van der Waals surface area contributed by atoms with Gasteiger partial charge in [-0.2, -0.15) is 0 Å². The molecule has 0 saturated heterocycles. The van der Waals surface area contributed by atoms with Crippen molar-refractivity contribution in [2.45, 2.75) is 13.3 Å². The van der Waals surface area contributed by atoms with Crippen LogP contribution in [0, 0.1) is 24.2 Å². The van der Waals surface area contributed by atoms with Crippen LogP contribution in [0.15, 0.2) is 12.2 Å². The van der Waals surface area contributed by atoms with Gasteiger partial charge in [0.1, 0.15) is 0 Å². The van der Waals surface area contributed by atoms with Gasteiger partial charge in [0.15, 0.2) is 0 Å². The lowest BCUT2D eigenvalue weighted by Gasteiger charge is -1.97. The smallest absolute Gasteiger partial charge is 0.0385 e. The molecule has 0 radical (unpaired) electrons. The molecule has 0 aromatic rings. The molecule has 0 heteroatoms. The van der Waals surface area contributed by atoms with E-state index in [-0.39, 0.29) is 0 Å². The third-order valence-corrected chi connectivity index (χ3v) is 1.51. The minimum atomic E-state index is 0.421. The second-order valence-corrected chi connectivity index (χ2v) is 2.37. The third-order valence-electron chi connectivity index (χ3n) is 1.51. The van der Waals surface area contributed by atoms with Gasteiger partial charge in [0.05, 0.1) is 0 Å². The number of allylic oxidation sites excluding steroid dienone is 2. The zero-order valence-corrected chi connectivity index (χ0v) is 5.09. The van der Waals surface area contributed by atoms with Crippen molar-refractivity contribution in [3.8, 4) is 12.3 Å². The van der Waals surface area contributed by atoms with Crippen LogP contribution in [0.5, 0.6) is 0 Å². The summed E-state index contributed by atoms with van der Waals surface area (Å²) in [4.78, 5) is 0.